The monoisotopic (exact) mass is 273 g/mol. The summed E-state index contributed by atoms with van der Waals surface area (Å²) >= 11 is 0. The molecule has 0 saturated carbocycles. The third-order valence-corrected chi connectivity index (χ3v) is 4.34. The second-order valence-electron chi connectivity index (χ2n) is 5.68. The van der Waals surface area contributed by atoms with Crippen LogP contribution in [0, 0.1) is 0 Å². The molecule has 0 aliphatic carbocycles. The zero-order chi connectivity index (χ0) is 13.8. The summed E-state index contributed by atoms with van der Waals surface area (Å²) < 4.78 is 0. The Labute approximate surface area is 120 Å². The molecule has 1 saturated heterocycles. The number of hydrogen-bond acceptors (Lipinski definition) is 3. The fourth-order valence-corrected chi connectivity index (χ4v) is 3.08. The first-order chi connectivity index (χ1) is 9.83. The van der Waals surface area contributed by atoms with Crippen LogP contribution in [0.1, 0.15) is 11.1 Å². The van der Waals surface area contributed by atoms with Crippen molar-refractivity contribution in [1.29, 1.82) is 0 Å². The fraction of sp³-hybridized carbons (Fsp3) is 0.562. The van der Waals surface area contributed by atoms with Crippen molar-refractivity contribution < 1.29 is 4.79 Å². The molecule has 0 atom stereocenters. The van der Waals surface area contributed by atoms with E-state index in [1.807, 2.05) is 4.90 Å². The summed E-state index contributed by atoms with van der Waals surface area (Å²) in [5.41, 5.74) is 2.81. The molecule has 4 nitrogen and oxygen atoms in total. The predicted octanol–water partition coefficient (Wildman–Crippen LogP) is 0.519. The van der Waals surface area contributed by atoms with E-state index in [2.05, 4.69) is 34.5 Å². The number of carbonyl (C=O) groups excluding carboxylic acids is 1. The van der Waals surface area contributed by atoms with E-state index in [1.54, 1.807) is 0 Å². The molecule has 1 aromatic rings. The third-order valence-electron chi connectivity index (χ3n) is 4.34. The van der Waals surface area contributed by atoms with Crippen LogP contribution in [0.25, 0.3) is 0 Å². The van der Waals surface area contributed by atoms with Gasteiger partial charge in [-0.1, -0.05) is 24.3 Å². The Morgan fingerprint density at radius 2 is 1.60 bits per heavy atom. The maximum Gasteiger partial charge on any atom is 0.236 e. The quantitative estimate of drug-likeness (QED) is 0.853. The zero-order valence-corrected chi connectivity index (χ0v) is 12.0. The van der Waals surface area contributed by atoms with Gasteiger partial charge in [0.15, 0.2) is 0 Å². The average Bonchev–Trinajstić information content (AvgIpc) is 2.71. The summed E-state index contributed by atoms with van der Waals surface area (Å²) in [5, 5.41) is 3.32. The van der Waals surface area contributed by atoms with Gasteiger partial charge in [0.2, 0.25) is 5.91 Å². The molecular weight excluding hydrogens is 250 g/mol. The highest BCUT2D eigenvalue weighted by Gasteiger charge is 2.21. The predicted molar refractivity (Wildman–Crippen MR) is 79.7 cm³/mol. The number of carbonyl (C=O) groups is 1. The second kappa shape index (κ2) is 6.37. The molecule has 0 radical (unpaired) electrons. The van der Waals surface area contributed by atoms with E-state index < -0.39 is 0 Å². The van der Waals surface area contributed by atoms with Crippen molar-refractivity contribution in [1.82, 2.24) is 15.1 Å². The summed E-state index contributed by atoms with van der Waals surface area (Å²) in [7, 11) is 0. The largest absolute Gasteiger partial charge is 0.341 e. The highest BCUT2D eigenvalue weighted by Crippen LogP contribution is 2.15. The van der Waals surface area contributed by atoms with Gasteiger partial charge >= 0.3 is 0 Å². The lowest BCUT2D eigenvalue weighted by atomic mass is 10.0. The molecule has 0 bridgehead atoms. The molecular formula is C16H23N3O. The lowest BCUT2D eigenvalue weighted by Crippen LogP contribution is -2.48. The number of benzene rings is 1. The summed E-state index contributed by atoms with van der Waals surface area (Å²) in [6.07, 6.45) is 1.98. The Morgan fingerprint density at radius 3 is 2.20 bits per heavy atom. The second-order valence-corrected chi connectivity index (χ2v) is 5.68. The van der Waals surface area contributed by atoms with Crippen LogP contribution in [0.4, 0.5) is 0 Å². The molecule has 0 unspecified atom stereocenters. The Hall–Kier alpha value is -1.39. The van der Waals surface area contributed by atoms with Gasteiger partial charge < -0.3 is 10.2 Å². The van der Waals surface area contributed by atoms with Gasteiger partial charge in [0.25, 0.3) is 0 Å². The zero-order valence-electron chi connectivity index (χ0n) is 12.0. The highest BCUT2D eigenvalue weighted by molar-refractivity contribution is 5.78. The Morgan fingerprint density at radius 1 is 1.00 bits per heavy atom. The minimum atomic E-state index is 0.291. The summed E-state index contributed by atoms with van der Waals surface area (Å²) in [5.74, 6) is 0.291. The first-order valence-electron chi connectivity index (χ1n) is 7.60. The lowest BCUT2D eigenvalue weighted by Gasteiger charge is -2.29. The molecule has 0 aromatic heterocycles. The summed E-state index contributed by atoms with van der Waals surface area (Å²) in [6.45, 7) is 6.28. The number of fused-ring (bicyclic) bond motifs is 1. The molecule has 3 rings (SSSR count). The van der Waals surface area contributed by atoms with Crippen molar-refractivity contribution in [2.75, 3.05) is 45.8 Å². The molecule has 2 aliphatic rings. The maximum atomic E-state index is 12.4. The molecule has 2 heterocycles. The Kier molecular flexibility index (Phi) is 4.33. The molecule has 0 spiro atoms. The van der Waals surface area contributed by atoms with Crippen LogP contribution in [0.2, 0.25) is 0 Å². The van der Waals surface area contributed by atoms with E-state index >= 15 is 0 Å². The van der Waals surface area contributed by atoms with Gasteiger partial charge in [-0.3, -0.25) is 9.69 Å². The first kappa shape index (κ1) is 13.6. The van der Waals surface area contributed by atoms with Crippen LogP contribution < -0.4 is 5.32 Å². The third kappa shape index (κ3) is 3.19. The molecule has 20 heavy (non-hydrogen) atoms. The molecule has 4 heteroatoms. The minimum absolute atomic E-state index is 0.291. The van der Waals surface area contributed by atoms with Gasteiger partial charge in [-0.2, -0.15) is 0 Å². The molecule has 1 aromatic carbocycles. The Bertz CT molecular complexity index is 442. The van der Waals surface area contributed by atoms with Crippen molar-refractivity contribution in [3.05, 3.63) is 35.4 Å². The van der Waals surface area contributed by atoms with E-state index in [1.165, 1.54) is 11.1 Å². The van der Waals surface area contributed by atoms with Crippen LogP contribution in [0.15, 0.2) is 24.3 Å². The van der Waals surface area contributed by atoms with Crippen LogP contribution in [-0.2, 0) is 17.6 Å². The smallest absolute Gasteiger partial charge is 0.236 e. The number of piperazine rings is 1. The highest BCUT2D eigenvalue weighted by atomic mass is 16.2. The van der Waals surface area contributed by atoms with Crippen LogP contribution in [0.3, 0.4) is 0 Å². The van der Waals surface area contributed by atoms with E-state index in [0.29, 0.717) is 12.5 Å². The van der Waals surface area contributed by atoms with Crippen molar-refractivity contribution in [2.45, 2.75) is 12.8 Å². The number of amides is 1. The number of hydrogen-bond donors (Lipinski definition) is 1. The maximum absolute atomic E-state index is 12.4. The van der Waals surface area contributed by atoms with E-state index in [-0.39, 0.29) is 0 Å². The van der Waals surface area contributed by atoms with E-state index in [0.717, 1.165) is 52.1 Å². The summed E-state index contributed by atoms with van der Waals surface area (Å²) in [4.78, 5) is 16.7. The van der Waals surface area contributed by atoms with Gasteiger partial charge in [0.05, 0.1) is 6.54 Å². The van der Waals surface area contributed by atoms with Crippen LogP contribution >= 0.6 is 0 Å². The lowest BCUT2D eigenvalue weighted by molar-refractivity contribution is -0.132. The van der Waals surface area contributed by atoms with Crippen LogP contribution in [-0.4, -0.2) is 61.5 Å². The standard InChI is InChI=1S/C16H23N3O/c20-16(13-18-11-7-17-8-12-18)19-9-5-14-3-1-2-4-15(14)6-10-19/h1-4,17H,5-13H2. The molecule has 108 valence electrons. The average molecular weight is 273 g/mol. The molecule has 1 fully saturated rings. The van der Waals surface area contributed by atoms with E-state index in [4.69, 9.17) is 0 Å². The fourth-order valence-electron chi connectivity index (χ4n) is 3.08. The number of nitrogens with zero attached hydrogens (tertiary/aromatic N) is 2. The number of nitrogens with one attached hydrogen (secondary N) is 1. The topological polar surface area (TPSA) is 35.6 Å². The van der Waals surface area contributed by atoms with Gasteiger partial charge in [-0.15, -0.1) is 0 Å². The minimum Gasteiger partial charge on any atom is -0.341 e. The SMILES string of the molecule is O=C(CN1CCNCC1)N1CCc2ccccc2CC1. The normalized spacial score (nSPS) is 20.3. The van der Waals surface area contributed by atoms with Crippen molar-refractivity contribution in [2.24, 2.45) is 0 Å². The number of rotatable bonds is 2. The van der Waals surface area contributed by atoms with Gasteiger partial charge in [0.1, 0.15) is 0 Å². The van der Waals surface area contributed by atoms with Crippen LogP contribution in [0.5, 0.6) is 0 Å². The molecule has 1 N–H and O–H groups in total. The van der Waals surface area contributed by atoms with E-state index in [9.17, 15) is 4.79 Å². The summed E-state index contributed by atoms with van der Waals surface area (Å²) in [6, 6.07) is 8.58. The van der Waals surface area contributed by atoms with Gasteiger partial charge in [-0.25, -0.2) is 0 Å². The molecule has 2 aliphatic heterocycles. The molecule has 1 amide bonds. The van der Waals surface area contributed by atoms with Crippen molar-refractivity contribution >= 4 is 5.91 Å². The Balaban J connectivity index is 1.57. The van der Waals surface area contributed by atoms with Crippen molar-refractivity contribution in [3.8, 4) is 0 Å². The van der Waals surface area contributed by atoms with Gasteiger partial charge in [0, 0.05) is 39.3 Å². The first-order valence-corrected chi connectivity index (χ1v) is 7.60. The van der Waals surface area contributed by atoms with Crippen molar-refractivity contribution in [3.63, 3.8) is 0 Å². The van der Waals surface area contributed by atoms with Gasteiger partial charge in [-0.05, 0) is 24.0 Å².